The van der Waals surface area contributed by atoms with Crippen molar-refractivity contribution in [3.63, 3.8) is 0 Å². The third-order valence-corrected chi connectivity index (χ3v) is 2.27. The molecule has 0 bridgehead atoms. The van der Waals surface area contributed by atoms with Crippen molar-refractivity contribution in [3.8, 4) is 5.75 Å². The van der Waals surface area contributed by atoms with Gasteiger partial charge in [-0.15, -0.1) is 0 Å². The smallest absolute Gasteiger partial charge is 0.137 e. The molecule has 0 atom stereocenters. The number of nitrogens with zero attached hydrogens (tertiary/aromatic N) is 2. The predicted octanol–water partition coefficient (Wildman–Crippen LogP) is 0.628. The third kappa shape index (κ3) is 1.80. The van der Waals surface area contributed by atoms with Gasteiger partial charge in [0.2, 0.25) is 0 Å². The highest BCUT2D eigenvalue weighted by Crippen LogP contribution is 2.19. The van der Waals surface area contributed by atoms with E-state index in [1.807, 2.05) is 19.1 Å². The van der Waals surface area contributed by atoms with Gasteiger partial charge in [-0.2, -0.15) is 0 Å². The first kappa shape index (κ1) is 9.27. The monoisotopic (exact) mass is 193 g/mol. The van der Waals surface area contributed by atoms with E-state index in [0.717, 1.165) is 24.7 Å². The summed E-state index contributed by atoms with van der Waals surface area (Å²) in [7, 11) is 0. The van der Waals surface area contributed by atoms with Crippen LogP contribution in [0.3, 0.4) is 0 Å². The van der Waals surface area contributed by atoms with E-state index < -0.39 is 0 Å². The van der Waals surface area contributed by atoms with Crippen LogP contribution in [-0.4, -0.2) is 30.7 Å². The number of ether oxygens (including phenoxy) is 1. The molecule has 1 saturated heterocycles. The van der Waals surface area contributed by atoms with E-state index in [1.54, 1.807) is 6.20 Å². The second-order valence-electron chi connectivity index (χ2n) is 3.45. The van der Waals surface area contributed by atoms with Gasteiger partial charge in [-0.05, 0) is 19.1 Å². The summed E-state index contributed by atoms with van der Waals surface area (Å²) in [5.74, 6) is 1.80. The second-order valence-corrected chi connectivity index (χ2v) is 3.45. The molecule has 0 aromatic carbocycles. The zero-order valence-corrected chi connectivity index (χ0v) is 8.31. The minimum absolute atomic E-state index is 0.309. The molecule has 4 heteroatoms. The molecule has 76 valence electrons. The van der Waals surface area contributed by atoms with Crippen LogP contribution in [0, 0.1) is 0 Å². The average Bonchev–Trinajstić information content (AvgIpc) is 2.15. The van der Waals surface area contributed by atoms with Crippen LogP contribution < -0.4 is 15.4 Å². The van der Waals surface area contributed by atoms with Gasteiger partial charge in [-0.25, -0.2) is 4.98 Å². The molecule has 0 spiro atoms. The van der Waals surface area contributed by atoms with Crippen LogP contribution >= 0.6 is 0 Å². The topological polar surface area (TPSA) is 51.4 Å². The Bertz CT molecular complexity index is 293. The number of hydrogen-bond donors (Lipinski definition) is 1. The maximum Gasteiger partial charge on any atom is 0.137 e. The van der Waals surface area contributed by atoms with Crippen LogP contribution in [0.5, 0.6) is 5.75 Å². The Morgan fingerprint density at radius 2 is 2.36 bits per heavy atom. The largest absolute Gasteiger partial charge is 0.492 e. The molecule has 2 rings (SSSR count). The normalized spacial score (nSPS) is 16.6. The van der Waals surface area contributed by atoms with Gasteiger partial charge in [0.1, 0.15) is 11.6 Å². The van der Waals surface area contributed by atoms with E-state index in [4.69, 9.17) is 10.5 Å². The van der Waals surface area contributed by atoms with Crippen LogP contribution in [0.4, 0.5) is 5.82 Å². The summed E-state index contributed by atoms with van der Waals surface area (Å²) in [5.41, 5.74) is 5.69. The van der Waals surface area contributed by atoms with Crippen molar-refractivity contribution in [1.29, 1.82) is 0 Å². The molecule has 4 nitrogen and oxygen atoms in total. The van der Waals surface area contributed by atoms with Gasteiger partial charge >= 0.3 is 0 Å². The van der Waals surface area contributed by atoms with Crippen LogP contribution in [0.15, 0.2) is 18.3 Å². The van der Waals surface area contributed by atoms with Gasteiger partial charge in [-0.3, -0.25) is 0 Å². The molecule has 2 heterocycles. The molecule has 14 heavy (non-hydrogen) atoms. The molecule has 1 aromatic heterocycles. The lowest BCUT2D eigenvalue weighted by Crippen LogP contribution is -2.56. The molecule has 1 aliphatic rings. The second kappa shape index (κ2) is 3.84. The fraction of sp³-hybridized carbons (Fsp3) is 0.500. The molecular formula is C10H15N3O. The summed E-state index contributed by atoms with van der Waals surface area (Å²) in [4.78, 5) is 6.45. The van der Waals surface area contributed by atoms with Gasteiger partial charge in [-0.1, -0.05) is 0 Å². The third-order valence-electron chi connectivity index (χ3n) is 2.27. The fourth-order valence-corrected chi connectivity index (χ4v) is 1.51. The molecule has 0 unspecified atom stereocenters. The molecule has 0 radical (unpaired) electrons. The highest BCUT2D eigenvalue weighted by Gasteiger charge is 2.23. The number of pyridine rings is 1. The molecular weight excluding hydrogens is 178 g/mol. The summed E-state index contributed by atoms with van der Waals surface area (Å²) in [5, 5.41) is 0. The first-order chi connectivity index (χ1) is 6.79. The van der Waals surface area contributed by atoms with E-state index >= 15 is 0 Å². The van der Waals surface area contributed by atoms with Gasteiger partial charge in [0.05, 0.1) is 12.8 Å². The van der Waals surface area contributed by atoms with Crippen LogP contribution in [-0.2, 0) is 0 Å². The number of aromatic nitrogens is 1. The van der Waals surface area contributed by atoms with Crippen LogP contribution in [0.1, 0.15) is 6.92 Å². The predicted molar refractivity (Wildman–Crippen MR) is 55.6 cm³/mol. The number of nitrogens with two attached hydrogens (primary N) is 1. The maximum absolute atomic E-state index is 5.69. The number of rotatable bonds is 3. The Kier molecular flexibility index (Phi) is 2.54. The number of hydrogen-bond acceptors (Lipinski definition) is 4. The van der Waals surface area contributed by atoms with Crippen molar-refractivity contribution in [1.82, 2.24) is 4.98 Å². The Morgan fingerprint density at radius 3 is 2.86 bits per heavy atom. The number of anilines is 1. The summed E-state index contributed by atoms with van der Waals surface area (Å²) >= 11 is 0. The Hall–Kier alpha value is -1.29. The van der Waals surface area contributed by atoms with E-state index in [9.17, 15) is 0 Å². The Labute approximate surface area is 83.7 Å². The van der Waals surface area contributed by atoms with Crippen LogP contribution in [0.2, 0.25) is 0 Å². The van der Waals surface area contributed by atoms with E-state index in [-0.39, 0.29) is 0 Å². The highest BCUT2D eigenvalue weighted by molar-refractivity contribution is 5.44. The van der Waals surface area contributed by atoms with E-state index in [1.165, 1.54) is 0 Å². The van der Waals surface area contributed by atoms with Crippen LogP contribution in [0.25, 0.3) is 0 Å². The average molecular weight is 193 g/mol. The zero-order chi connectivity index (χ0) is 9.97. The van der Waals surface area contributed by atoms with Crippen molar-refractivity contribution in [3.05, 3.63) is 18.3 Å². The van der Waals surface area contributed by atoms with Crippen molar-refractivity contribution in [2.24, 2.45) is 5.73 Å². The highest BCUT2D eigenvalue weighted by atomic mass is 16.5. The summed E-state index contributed by atoms with van der Waals surface area (Å²) < 4.78 is 5.31. The van der Waals surface area contributed by atoms with Gasteiger partial charge in [0.25, 0.3) is 0 Å². The minimum atomic E-state index is 0.309. The summed E-state index contributed by atoms with van der Waals surface area (Å²) in [6, 6.07) is 4.22. The lowest BCUT2D eigenvalue weighted by Gasteiger charge is -2.37. The molecule has 1 fully saturated rings. The first-order valence-corrected chi connectivity index (χ1v) is 4.89. The van der Waals surface area contributed by atoms with Crippen molar-refractivity contribution < 1.29 is 4.74 Å². The molecule has 2 N–H and O–H groups in total. The molecule has 1 aromatic rings. The lowest BCUT2D eigenvalue weighted by molar-refractivity contribution is 0.338. The van der Waals surface area contributed by atoms with E-state index in [0.29, 0.717) is 12.6 Å². The molecule has 0 aliphatic carbocycles. The van der Waals surface area contributed by atoms with Gasteiger partial charge in [0.15, 0.2) is 0 Å². The standard InChI is InChI=1S/C10H15N3O/c1-2-14-9-3-4-10(12-5-9)13-6-8(11)7-13/h3-5,8H,2,6-7,11H2,1H3. The molecule has 0 saturated carbocycles. The maximum atomic E-state index is 5.69. The summed E-state index contributed by atoms with van der Waals surface area (Å²) in [6.45, 7) is 4.44. The quantitative estimate of drug-likeness (QED) is 0.765. The molecule has 1 aliphatic heterocycles. The SMILES string of the molecule is CCOc1ccc(N2CC(N)C2)nc1. The fourth-order valence-electron chi connectivity index (χ4n) is 1.51. The van der Waals surface area contributed by atoms with E-state index in [2.05, 4.69) is 9.88 Å². The summed E-state index contributed by atoms with van der Waals surface area (Å²) in [6.07, 6.45) is 1.75. The Morgan fingerprint density at radius 1 is 1.57 bits per heavy atom. The Balaban J connectivity index is 1.99. The van der Waals surface area contributed by atoms with Crippen molar-refractivity contribution in [2.45, 2.75) is 13.0 Å². The zero-order valence-electron chi connectivity index (χ0n) is 8.31. The van der Waals surface area contributed by atoms with Gasteiger partial charge < -0.3 is 15.4 Å². The lowest BCUT2D eigenvalue weighted by atomic mass is 10.1. The van der Waals surface area contributed by atoms with Gasteiger partial charge in [0, 0.05) is 19.1 Å². The molecule has 0 amide bonds. The van der Waals surface area contributed by atoms with Crippen molar-refractivity contribution >= 4 is 5.82 Å². The minimum Gasteiger partial charge on any atom is -0.492 e. The van der Waals surface area contributed by atoms with Crippen molar-refractivity contribution in [2.75, 3.05) is 24.6 Å². The first-order valence-electron chi connectivity index (χ1n) is 4.89.